The van der Waals surface area contributed by atoms with Gasteiger partial charge >= 0.3 is 0 Å². The van der Waals surface area contributed by atoms with Crippen LogP contribution in [0.1, 0.15) is 51.4 Å². The van der Waals surface area contributed by atoms with Gasteiger partial charge in [-0.2, -0.15) is 0 Å². The van der Waals surface area contributed by atoms with Crippen molar-refractivity contribution in [2.45, 2.75) is 63.5 Å². The van der Waals surface area contributed by atoms with Crippen LogP contribution in [0.2, 0.25) is 0 Å². The molecule has 1 aliphatic heterocycles. The number of nitrogens with zero attached hydrogens (tertiary/aromatic N) is 1. The van der Waals surface area contributed by atoms with Crippen LogP contribution in [0.4, 0.5) is 0 Å². The van der Waals surface area contributed by atoms with Gasteiger partial charge < -0.3 is 10.6 Å². The Balaban J connectivity index is 1.58. The second kappa shape index (κ2) is 4.66. The van der Waals surface area contributed by atoms with Crippen molar-refractivity contribution in [3.05, 3.63) is 0 Å². The zero-order chi connectivity index (χ0) is 11.0. The molecule has 4 atom stereocenters. The van der Waals surface area contributed by atoms with Crippen LogP contribution < -0.4 is 5.73 Å². The van der Waals surface area contributed by atoms with Crippen LogP contribution in [0.3, 0.4) is 0 Å². The van der Waals surface area contributed by atoms with E-state index in [1.54, 1.807) is 0 Å². The van der Waals surface area contributed by atoms with Crippen LogP contribution in [-0.4, -0.2) is 30.1 Å². The normalized spacial score (nSPS) is 45.6. The first-order chi connectivity index (χ1) is 7.83. The van der Waals surface area contributed by atoms with Crippen LogP contribution in [0, 0.1) is 11.8 Å². The van der Waals surface area contributed by atoms with Crippen molar-refractivity contribution in [2.24, 2.45) is 17.6 Å². The van der Waals surface area contributed by atoms with Gasteiger partial charge in [0.1, 0.15) is 0 Å². The van der Waals surface area contributed by atoms with Crippen molar-refractivity contribution in [3.63, 3.8) is 0 Å². The number of rotatable bonds is 1. The minimum Gasteiger partial charge on any atom is -0.328 e. The second-order valence-corrected chi connectivity index (χ2v) is 6.32. The zero-order valence-electron chi connectivity index (χ0n) is 10.4. The number of nitrogens with two attached hydrogens (primary N) is 1. The molecule has 1 saturated heterocycles. The maximum atomic E-state index is 6.04. The Morgan fingerprint density at radius 1 is 0.875 bits per heavy atom. The summed E-state index contributed by atoms with van der Waals surface area (Å²) < 4.78 is 0. The molecule has 2 nitrogen and oxygen atoms in total. The standard InChI is InChI=1S/C14H26N2/c15-13-5-6-14(9-13)16-8-7-11-3-1-2-4-12(11)10-16/h11-14H,1-10,15H2. The predicted octanol–water partition coefficient (Wildman–Crippen LogP) is 2.38. The molecule has 1 heterocycles. The van der Waals surface area contributed by atoms with Gasteiger partial charge in [0.05, 0.1) is 0 Å². The van der Waals surface area contributed by atoms with E-state index in [0.29, 0.717) is 6.04 Å². The third-order valence-corrected chi connectivity index (χ3v) is 5.28. The summed E-state index contributed by atoms with van der Waals surface area (Å²) in [6, 6.07) is 1.33. The topological polar surface area (TPSA) is 29.3 Å². The average molecular weight is 222 g/mol. The molecule has 3 aliphatic rings. The van der Waals surface area contributed by atoms with Gasteiger partial charge in [0.2, 0.25) is 0 Å². The van der Waals surface area contributed by atoms with Gasteiger partial charge in [0.15, 0.2) is 0 Å². The molecule has 92 valence electrons. The SMILES string of the molecule is NC1CCC(N2CCC3CCCCC3C2)C1. The van der Waals surface area contributed by atoms with E-state index < -0.39 is 0 Å². The van der Waals surface area contributed by atoms with Gasteiger partial charge in [0, 0.05) is 18.6 Å². The average Bonchev–Trinajstić information content (AvgIpc) is 2.75. The Morgan fingerprint density at radius 3 is 2.44 bits per heavy atom. The van der Waals surface area contributed by atoms with E-state index >= 15 is 0 Å². The molecule has 0 bridgehead atoms. The fraction of sp³-hybridized carbons (Fsp3) is 1.00. The second-order valence-electron chi connectivity index (χ2n) is 6.32. The van der Waals surface area contributed by atoms with Crippen LogP contribution in [-0.2, 0) is 0 Å². The van der Waals surface area contributed by atoms with E-state index in [0.717, 1.165) is 17.9 Å². The smallest absolute Gasteiger partial charge is 0.0111 e. The summed E-state index contributed by atoms with van der Waals surface area (Å²) in [5, 5.41) is 0. The highest BCUT2D eigenvalue weighted by atomic mass is 15.2. The molecule has 3 rings (SSSR count). The molecule has 0 spiro atoms. The lowest BCUT2D eigenvalue weighted by Gasteiger charge is -2.43. The highest BCUT2D eigenvalue weighted by molar-refractivity contribution is 4.90. The lowest BCUT2D eigenvalue weighted by atomic mass is 9.75. The van der Waals surface area contributed by atoms with Gasteiger partial charge in [0.25, 0.3) is 0 Å². The van der Waals surface area contributed by atoms with Gasteiger partial charge in [-0.05, 0) is 50.5 Å². The zero-order valence-corrected chi connectivity index (χ0v) is 10.4. The first-order valence-corrected chi connectivity index (χ1v) is 7.32. The van der Waals surface area contributed by atoms with E-state index in [9.17, 15) is 0 Å². The molecular formula is C14H26N2. The van der Waals surface area contributed by atoms with Crippen molar-refractivity contribution < 1.29 is 0 Å². The molecule has 0 amide bonds. The van der Waals surface area contributed by atoms with E-state index in [1.165, 1.54) is 64.5 Å². The minimum absolute atomic E-state index is 0.495. The Kier molecular flexibility index (Phi) is 3.21. The Bertz CT molecular complexity index is 241. The maximum absolute atomic E-state index is 6.04. The first-order valence-electron chi connectivity index (χ1n) is 7.32. The molecule has 0 radical (unpaired) electrons. The number of piperidine rings is 1. The molecule has 2 N–H and O–H groups in total. The molecule has 2 saturated carbocycles. The van der Waals surface area contributed by atoms with Gasteiger partial charge in [-0.1, -0.05) is 19.3 Å². The van der Waals surface area contributed by atoms with Gasteiger partial charge in [-0.25, -0.2) is 0 Å². The monoisotopic (exact) mass is 222 g/mol. The number of hydrogen-bond donors (Lipinski definition) is 1. The van der Waals surface area contributed by atoms with Crippen molar-refractivity contribution in [1.29, 1.82) is 0 Å². The molecule has 0 aromatic heterocycles. The van der Waals surface area contributed by atoms with Crippen molar-refractivity contribution in [2.75, 3.05) is 13.1 Å². The van der Waals surface area contributed by atoms with E-state index in [2.05, 4.69) is 4.90 Å². The minimum atomic E-state index is 0.495. The summed E-state index contributed by atoms with van der Waals surface area (Å²) in [6.07, 6.45) is 11.3. The number of likely N-dealkylation sites (tertiary alicyclic amines) is 1. The maximum Gasteiger partial charge on any atom is 0.0111 e. The predicted molar refractivity (Wildman–Crippen MR) is 67.3 cm³/mol. The lowest BCUT2D eigenvalue weighted by Crippen LogP contribution is -2.46. The third-order valence-electron chi connectivity index (χ3n) is 5.28. The fourth-order valence-electron chi connectivity index (χ4n) is 4.28. The summed E-state index contributed by atoms with van der Waals surface area (Å²) in [7, 11) is 0. The molecule has 2 heteroatoms. The molecule has 3 fully saturated rings. The van der Waals surface area contributed by atoms with Crippen molar-refractivity contribution in [1.82, 2.24) is 4.90 Å². The summed E-state index contributed by atoms with van der Waals surface area (Å²) in [6.45, 7) is 2.75. The number of hydrogen-bond acceptors (Lipinski definition) is 2. The Hall–Kier alpha value is -0.0800. The van der Waals surface area contributed by atoms with Crippen molar-refractivity contribution >= 4 is 0 Å². The van der Waals surface area contributed by atoms with E-state index in [1.807, 2.05) is 0 Å². The molecule has 0 aromatic rings. The highest BCUT2D eigenvalue weighted by Gasteiger charge is 2.35. The van der Waals surface area contributed by atoms with Gasteiger partial charge in [-0.3, -0.25) is 0 Å². The molecule has 2 aliphatic carbocycles. The number of fused-ring (bicyclic) bond motifs is 1. The van der Waals surface area contributed by atoms with Crippen LogP contribution in [0.15, 0.2) is 0 Å². The van der Waals surface area contributed by atoms with Crippen LogP contribution in [0.25, 0.3) is 0 Å². The van der Waals surface area contributed by atoms with E-state index in [-0.39, 0.29) is 0 Å². The van der Waals surface area contributed by atoms with Crippen LogP contribution >= 0.6 is 0 Å². The summed E-state index contributed by atoms with van der Waals surface area (Å²) in [5.74, 6) is 2.10. The van der Waals surface area contributed by atoms with Gasteiger partial charge in [-0.15, -0.1) is 0 Å². The largest absolute Gasteiger partial charge is 0.328 e. The Morgan fingerprint density at radius 2 is 1.69 bits per heavy atom. The summed E-state index contributed by atoms with van der Waals surface area (Å²) >= 11 is 0. The van der Waals surface area contributed by atoms with Crippen LogP contribution in [0.5, 0.6) is 0 Å². The molecule has 4 unspecified atom stereocenters. The van der Waals surface area contributed by atoms with E-state index in [4.69, 9.17) is 5.73 Å². The summed E-state index contributed by atoms with van der Waals surface area (Å²) in [5.41, 5.74) is 6.04. The first kappa shape index (κ1) is 11.0. The molecule has 0 aromatic carbocycles. The quantitative estimate of drug-likeness (QED) is 0.738. The fourth-order valence-corrected chi connectivity index (χ4v) is 4.28. The molecule has 16 heavy (non-hydrogen) atoms. The van der Waals surface area contributed by atoms with Crippen molar-refractivity contribution in [3.8, 4) is 0 Å². The summed E-state index contributed by atoms with van der Waals surface area (Å²) in [4.78, 5) is 2.78. The third kappa shape index (κ3) is 2.14. The molecular weight excluding hydrogens is 196 g/mol. The highest BCUT2D eigenvalue weighted by Crippen LogP contribution is 2.38. The Labute approximate surface area is 99.6 Å². The lowest BCUT2D eigenvalue weighted by molar-refractivity contribution is 0.0581.